The molecule has 24 heavy (non-hydrogen) atoms. The number of carbonyl (C=O) groups excluding carboxylic acids is 2. The van der Waals surface area contributed by atoms with E-state index in [0.717, 1.165) is 16.0 Å². The molecule has 0 spiro atoms. The fraction of sp³-hybridized carbons (Fsp3) is 0.312. The van der Waals surface area contributed by atoms with Crippen LogP contribution in [-0.2, 0) is 47.3 Å². The Hall–Kier alpha value is -1.93. The maximum atomic E-state index is 11.9. The quantitative estimate of drug-likeness (QED) is 0.406. The van der Waals surface area contributed by atoms with Crippen molar-refractivity contribution in [1.29, 1.82) is 0 Å². The van der Waals surface area contributed by atoms with Gasteiger partial charge in [-0.15, -0.1) is 0 Å². The molecule has 3 atom stereocenters. The smallest absolute Gasteiger partial charge is 6.00 e. The van der Waals surface area contributed by atoms with Crippen LogP contribution < -0.4 is 0 Å². The molecule has 1 saturated heterocycles. The van der Waals surface area contributed by atoms with E-state index in [4.69, 9.17) is 14.0 Å². The number of hydrogen-bond acceptors (Lipinski definition) is 3. The predicted octanol–water partition coefficient (Wildman–Crippen LogP) is 0.392. The Kier molecular flexibility index (Phi) is 11.7. The summed E-state index contributed by atoms with van der Waals surface area (Å²) in [5.74, 6) is -1.42. The summed E-state index contributed by atoms with van der Waals surface area (Å²) >= 11 is 0. The summed E-state index contributed by atoms with van der Waals surface area (Å²) in [6.07, 6.45) is -0.307. The van der Waals surface area contributed by atoms with Gasteiger partial charge in [0.05, 0.1) is 17.9 Å². The summed E-state index contributed by atoms with van der Waals surface area (Å²) in [5.41, 5.74) is 1.75. The molecular weight excluding hydrogens is 354 g/mol. The van der Waals surface area contributed by atoms with Crippen LogP contribution in [0.5, 0.6) is 0 Å². The molecule has 1 aliphatic carbocycles. The van der Waals surface area contributed by atoms with E-state index in [9.17, 15) is 14.7 Å². The van der Waals surface area contributed by atoms with Crippen LogP contribution in [0.4, 0.5) is 0 Å². The minimum Gasteiger partial charge on any atom is 6.00 e. The first-order chi connectivity index (χ1) is 11.1. The van der Waals surface area contributed by atoms with Crippen LogP contribution in [0.1, 0.15) is 17.2 Å². The second-order valence-electron chi connectivity index (χ2n) is 4.72. The third-order valence-corrected chi connectivity index (χ3v) is 3.85. The average Bonchev–Trinajstić information content (AvgIpc) is 2.85. The minimum absolute atomic E-state index is 0. The van der Waals surface area contributed by atoms with Crippen LogP contribution >= 0.6 is 0 Å². The number of benzene rings is 1. The van der Waals surface area contributed by atoms with E-state index in [2.05, 4.69) is 20.0 Å². The second-order valence-corrected chi connectivity index (χ2v) is 4.72. The predicted molar refractivity (Wildman–Crippen MR) is 71.7 cm³/mol. The van der Waals surface area contributed by atoms with Crippen molar-refractivity contribution in [3.63, 3.8) is 0 Å². The molecule has 1 aromatic rings. The maximum Gasteiger partial charge on any atom is 6.00 e. The minimum atomic E-state index is -0.855. The van der Waals surface area contributed by atoms with Crippen LogP contribution in [0.3, 0.4) is 0 Å². The third kappa shape index (κ3) is 4.33. The van der Waals surface area contributed by atoms with Gasteiger partial charge in [-0.25, -0.2) is 0 Å². The first kappa shape index (κ1) is 24.3. The van der Waals surface area contributed by atoms with E-state index >= 15 is 0 Å². The number of aliphatic hydroxyl groups excluding tert-OH is 1. The van der Waals surface area contributed by atoms with Crippen molar-refractivity contribution < 1.29 is 46.0 Å². The molecule has 1 aliphatic heterocycles. The standard InChI is InChI=1S/C13H13NO3.3CO.Cr/c1-14-12(16)9-6-7-4-2-3-5-8(7)11(15)10(9)13(14)17;3*1-2;/h2-5,9-11,15H,6H2,1H3;;;;/q;;;;+6. The van der Waals surface area contributed by atoms with Gasteiger partial charge < -0.3 is 5.11 Å². The van der Waals surface area contributed by atoms with Crippen molar-refractivity contribution in [2.75, 3.05) is 7.05 Å². The van der Waals surface area contributed by atoms with Crippen molar-refractivity contribution >= 4 is 11.8 Å². The average molecular weight is 367 g/mol. The SMILES string of the molecule is CN1C(=O)C2Cc3ccccc3C(O)C2C1=O.[C-]#[O+].[C-]#[O+].[C-]#[O+].[Cr+6]. The van der Waals surface area contributed by atoms with E-state index in [1.165, 1.54) is 7.05 Å². The van der Waals surface area contributed by atoms with Crippen molar-refractivity contribution in [2.45, 2.75) is 12.5 Å². The van der Waals surface area contributed by atoms with E-state index in [1.54, 1.807) is 0 Å². The first-order valence-corrected chi connectivity index (χ1v) is 6.30. The maximum absolute atomic E-state index is 11.9. The summed E-state index contributed by atoms with van der Waals surface area (Å²) in [5, 5.41) is 10.2. The molecule has 7 nitrogen and oxygen atoms in total. The fourth-order valence-corrected chi connectivity index (χ4v) is 2.92. The van der Waals surface area contributed by atoms with E-state index in [0.29, 0.717) is 6.42 Å². The number of nitrogens with zero attached hydrogens (tertiary/aromatic N) is 1. The van der Waals surface area contributed by atoms with E-state index in [-0.39, 0.29) is 29.2 Å². The summed E-state index contributed by atoms with van der Waals surface area (Å²) in [4.78, 5) is 25.0. The zero-order valence-electron chi connectivity index (χ0n) is 12.6. The van der Waals surface area contributed by atoms with Gasteiger partial charge in [-0.2, -0.15) is 0 Å². The molecule has 8 heteroatoms. The molecule has 0 radical (unpaired) electrons. The van der Waals surface area contributed by atoms with Gasteiger partial charge in [0, 0.05) is 7.05 Å². The number of carbonyl (C=O) groups is 2. The van der Waals surface area contributed by atoms with Gasteiger partial charge in [0.15, 0.2) is 0 Å². The number of amides is 2. The molecule has 1 N–H and O–H groups in total. The Morgan fingerprint density at radius 1 is 1.04 bits per heavy atom. The summed E-state index contributed by atoms with van der Waals surface area (Å²) in [6, 6.07) is 7.46. The molecule has 3 unspecified atom stereocenters. The van der Waals surface area contributed by atoms with Crippen molar-refractivity contribution in [3.8, 4) is 0 Å². The molecular formula is C16H13CrNO6+6. The van der Waals surface area contributed by atoms with Crippen LogP contribution in [0.2, 0.25) is 0 Å². The van der Waals surface area contributed by atoms with Gasteiger partial charge in [-0.3, -0.25) is 14.5 Å². The van der Waals surface area contributed by atoms with Gasteiger partial charge >= 0.3 is 51.3 Å². The van der Waals surface area contributed by atoms with Crippen LogP contribution in [0, 0.1) is 31.8 Å². The molecule has 118 valence electrons. The zero-order chi connectivity index (χ0) is 18.2. The van der Waals surface area contributed by atoms with Gasteiger partial charge in [0.25, 0.3) is 0 Å². The Morgan fingerprint density at radius 2 is 1.54 bits per heavy atom. The summed E-state index contributed by atoms with van der Waals surface area (Å²) in [7, 11) is 1.49. The molecule has 2 amide bonds. The van der Waals surface area contributed by atoms with Crippen LogP contribution in [0.15, 0.2) is 24.3 Å². The van der Waals surface area contributed by atoms with Crippen molar-refractivity contribution in [3.05, 3.63) is 55.3 Å². The molecule has 1 aromatic carbocycles. The van der Waals surface area contributed by atoms with Gasteiger partial charge in [0.2, 0.25) is 11.8 Å². The van der Waals surface area contributed by atoms with E-state index < -0.39 is 17.9 Å². The normalized spacial score (nSPS) is 22.5. The van der Waals surface area contributed by atoms with Gasteiger partial charge in [-0.1, -0.05) is 24.3 Å². The molecule has 0 bridgehead atoms. The largest absolute Gasteiger partial charge is 6.00 e. The number of imide groups is 1. The molecule has 0 aromatic heterocycles. The molecule has 1 heterocycles. The zero-order valence-corrected chi connectivity index (χ0v) is 13.9. The van der Waals surface area contributed by atoms with Crippen molar-refractivity contribution in [2.24, 2.45) is 11.8 Å². The fourth-order valence-electron chi connectivity index (χ4n) is 2.92. The topological polar surface area (TPSA) is 117 Å². The Balaban J connectivity index is 0. The number of fused-ring (bicyclic) bond motifs is 2. The molecule has 0 saturated carbocycles. The molecule has 3 rings (SSSR count). The monoisotopic (exact) mass is 367 g/mol. The van der Waals surface area contributed by atoms with Gasteiger partial charge in [-0.05, 0) is 17.5 Å². The number of rotatable bonds is 0. The Morgan fingerprint density at radius 3 is 2.08 bits per heavy atom. The Bertz CT molecular complexity index is 625. The summed E-state index contributed by atoms with van der Waals surface area (Å²) < 4.78 is 22.5. The number of hydrogen-bond donors (Lipinski definition) is 1. The summed E-state index contributed by atoms with van der Waals surface area (Å²) in [6.45, 7) is 13.5. The third-order valence-electron chi connectivity index (χ3n) is 3.85. The van der Waals surface area contributed by atoms with Crippen LogP contribution in [0.25, 0.3) is 0 Å². The number of likely N-dealkylation sites (tertiary alicyclic amines) is 1. The number of aliphatic hydroxyl groups is 1. The second kappa shape index (κ2) is 11.6. The first-order valence-electron chi connectivity index (χ1n) is 6.30. The van der Waals surface area contributed by atoms with Gasteiger partial charge in [0.1, 0.15) is 0 Å². The van der Waals surface area contributed by atoms with Crippen molar-refractivity contribution in [1.82, 2.24) is 4.90 Å². The Labute approximate surface area is 149 Å². The van der Waals surface area contributed by atoms with E-state index in [1.807, 2.05) is 24.3 Å². The molecule has 2 aliphatic rings. The molecule has 1 fully saturated rings. The van der Waals surface area contributed by atoms with Crippen LogP contribution in [-0.4, -0.2) is 28.9 Å².